The van der Waals surface area contributed by atoms with Gasteiger partial charge in [-0.25, -0.2) is 4.79 Å². The fourth-order valence-electron chi connectivity index (χ4n) is 1.32. The minimum absolute atomic E-state index is 0.122. The lowest BCUT2D eigenvalue weighted by molar-refractivity contribution is -0.145. The van der Waals surface area contributed by atoms with Crippen molar-refractivity contribution in [2.24, 2.45) is 0 Å². The number of amides is 1. The molecule has 0 spiro atoms. The number of methoxy groups -OCH3 is 1. The van der Waals surface area contributed by atoms with Crippen molar-refractivity contribution in [1.82, 2.24) is 10.6 Å². The van der Waals surface area contributed by atoms with Crippen LogP contribution in [0.4, 0.5) is 13.2 Å². The van der Waals surface area contributed by atoms with Crippen molar-refractivity contribution in [1.29, 1.82) is 0 Å². The topological polar surface area (TPSA) is 67.4 Å². The Hall–Kier alpha value is -1.31. The van der Waals surface area contributed by atoms with Crippen LogP contribution >= 0.6 is 0 Å². The monoisotopic (exact) mass is 270 g/mol. The van der Waals surface area contributed by atoms with Gasteiger partial charge in [0, 0.05) is 19.5 Å². The molecule has 106 valence electrons. The van der Waals surface area contributed by atoms with E-state index in [1.54, 1.807) is 0 Å². The van der Waals surface area contributed by atoms with Crippen molar-refractivity contribution < 1.29 is 27.5 Å². The highest BCUT2D eigenvalue weighted by Crippen LogP contribution is 2.21. The van der Waals surface area contributed by atoms with E-state index in [9.17, 15) is 22.8 Å². The Morgan fingerprint density at radius 3 is 2.28 bits per heavy atom. The van der Waals surface area contributed by atoms with Gasteiger partial charge < -0.3 is 15.4 Å². The van der Waals surface area contributed by atoms with Gasteiger partial charge in [0.25, 0.3) is 0 Å². The van der Waals surface area contributed by atoms with Crippen LogP contribution in [0.5, 0.6) is 0 Å². The average molecular weight is 270 g/mol. The van der Waals surface area contributed by atoms with Crippen LogP contribution in [0.15, 0.2) is 0 Å². The van der Waals surface area contributed by atoms with Crippen LogP contribution < -0.4 is 10.6 Å². The normalized spacial score (nSPS) is 14.8. The third-order valence-corrected chi connectivity index (χ3v) is 2.07. The van der Waals surface area contributed by atoms with E-state index in [1.807, 2.05) is 0 Å². The molecule has 0 aliphatic rings. The lowest BCUT2D eigenvalue weighted by atomic mass is 10.2. The van der Waals surface area contributed by atoms with Crippen LogP contribution in [-0.4, -0.2) is 43.8 Å². The Morgan fingerprint density at radius 1 is 1.33 bits per heavy atom. The number of hydrogen-bond acceptors (Lipinski definition) is 4. The fraction of sp³-hybridized carbons (Fsp3) is 0.800. The molecule has 8 heteroatoms. The molecular weight excluding hydrogens is 253 g/mol. The van der Waals surface area contributed by atoms with Crippen LogP contribution in [0.3, 0.4) is 0 Å². The first-order chi connectivity index (χ1) is 8.15. The van der Waals surface area contributed by atoms with E-state index in [-0.39, 0.29) is 6.54 Å². The third kappa shape index (κ3) is 7.88. The highest BCUT2D eigenvalue weighted by molar-refractivity contribution is 5.83. The van der Waals surface area contributed by atoms with Crippen LogP contribution in [0.2, 0.25) is 0 Å². The Balaban J connectivity index is 4.26. The number of alkyl halides is 3. The van der Waals surface area contributed by atoms with Gasteiger partial charge in [-0.15, -0.1) is 0 Å². The van der Waals surface area contributed by atoms with Gasteiger partial charge in [0.2, 0.25) is 5.91 Å². The highest BCUT2D eigenvalue weighted by atomic mass is 19.4. The summed E-state index contributed by atoms with van der Waals surface area (Å²) in [5, 5.41) is 4.82. The molecule has 0 fully saturated rings. The van der Waals surface area contributed by atoms with Gasteiger partial charge in [-0.2, -0.15) is 13.2 Å². The van der Waals surface area contributed by atoms with Crippen molar-refractivity contribution in [3.63, 3.8) is 0 Å². The molecule has 2 unspecified atom stereocenters. The molecule has 0 aromatic rings. The van der Waals surface area contributed by atoms with Crippen molar-refractivity contribution in [2.75, 3.05) is 13.7 Å². The van der Waals surface area contributed by atoms with Gasteiger partial charge in [-0.05, 0) is 6.92 Å². The lowest BCUT2D eigenvalue weighted by Crippen LogP contribution is -2.49. The van der Waals surface area contributed by atoms with Gasteiger partial charge in [0.15, 0.2) is 0 Å². The predicted octanol–water partition coefficient (Wildman–Crippen LogP) is 0.595. The van der Waals surface area contributed by atoms with E-state index in [4.69, 9.17) is 0 Å². The van der Waals surface area contributed by atoms with Crippen molar-refractivity contribution >= 4 is 11.9 Å². The van der Waals surface area contributed by atoms with E-state index in [0.29, 0.717) is 0 Å². The fourth-order valence-corrected chi connectivity index (χ4v) is 1.32. The van der Waals surface area contributed by atoms with Crippen LogP contribution in [0.25, 0.3) is 0 Å². The molecular formula is C10H17F3N2O3. The summed E-state index contributed by atoms with van der Waals surface area (Å²) in [6.45, 7) is 2.42. The summed E-state index contributed by atoms with van der Waals surface area (Å²) >= 11 is 0. The van der Waals surface area contributed by atoms with Gasteiger partial charge in [-0.3, -0.25) is 4.79 Å². The molecule has 0 bridgehead atoms. The zero-order valence-corrected chi connectivity index (χ0v) is 10.4. The predicted molar refractivity (Wildman–Crippen MR) is 57.8 cm³/mol. The number of rotatable bonds is 6. The Bertz CT molecular complexity index is 295. The average Bonchev–Trinajstić information content (AvgIpc) is 2.20. The number of hydrogen-bond donors (Lipinski definition) is 2. The third-order valence-electron chi connectivity index (χ3n) is 2.07. The van der Waals surface area contributed by atoms with E-state index in [2.05, 4.69) is 15.4 Å². The zero-order valence-electron chi connectivity index (χ0n) is 10.4. The molecule has 2 N–H and O–H groups in total. The van der Waals surface area contributed by atoms with E-state index < -0.39 is 36.6 Å². The Labute approximate surface area is 103 Å². The summed E-state index contributed by atoms with van der Waals surface area (Å²) in [4.78, 5) is 22.1. The molecule has 0 aliphatic heterocycles. The number of halogens is 3. The molecule has 0 heterocycles. The molecule has 2 atom stereocenters. The first-order valence-corrected chi connectivity index (χ1v) is 5.30. The van der Waals surface area contributed by atoms with Gasteiger partial charge >= 0.3 is 12.1 Å². The minimum atomic E-state index is -4.28. The first-order valence-electron chi connectivity index (χ1n) is 5.30. The second-order valence-corrected chi connectivity index (χ2v) is 3.90. The van der Waals surface area contributed by atoms with E-state index in [0.717, 1.165) is 7.11 Å². The summed E-state index contributed by atoms with van der Waals surface area (Å²) in [6, 6.07) is -1.85. The number of esters is 1. The standard InChI is InChI=1S/C10H17F3N2O3/c1-6(4-10(11,12)13)14-5-8(9(17)18-3)15-7(2)16/h6,8,14H,4-5H2,1-3H3,(H,15,16). The van der Waals surface area contributed by atoms with E-state index >= 15 is 0 Å². The zero-order chi connectivity index (χ0) is 14.3. The van der Waals surface area contributed by atoms with E-state index in [1.165, 1.54) is 13.8 Å². The molecule has 0 saturated carbocycles. The molecule has 0 aromatic carbocycles. The molecule has 18 heavy (non-hydrogen) atoms. The molecule has 5 nitrogen and oxygen atoms in total. The number of nitrogens with one attached hydrogen (secondary N) is 2. The number of carbonyl (C=O) groups is 2. The Morgan fingerprint density at radius 2 is 1.89 bits per heavy atom. The molecule has 1 amide bonds. The molecule has 0 saturated heterocycles. The highest BCUT2D eigenvalue weighted by Gasteiger charge is 2.30. The molecule has 0 radical (unpaired) electrons. The maximum atomic E-state index is 12.1. The molecule has 0 rings (SSSR count). The van der Waals surface area contributed by atoms with Crippen LogP contribution in [-0.2, 0) is 14.3 Å². The quantitative estimate of drug-likeness (QED) is 0.693. The largest absolute Gasteiger partial charge is 0.467 e. The maximum absolute atomic E-state index is 12.1. The minimum Gasteiger partial charge on any atom is -0.467 e. The maximum Gasteiger partial charge on any atom is 0.390 e. The molecule has 0 aromatic heterocycles. The molecule has 0 aliphatic carbocycles. The van der Waals surface area contributed by atoms with Crippen molar-refractivity contribution in [3.8, 4) is 0 Å². The summed E-state index contributed by atoms with van der Waals surface area (Å²) in [6.07, 6.45) is -5.29. The van der Waals surface area contributed by atoms with Crippen molar-refractivity contribution in [2.45, 2.75) is 38.5 Å². The van der Waals surface area contributed by atoms with Crippen LogP contribution in [0.1, 0.15) is 20.3 Å². The first kappa shape index (κ1) is 16.7. The lowest BCUT2D eigenvalue weighted by Gasteiger charge is -2.20. The second-order valence-electron chi connectivity index (χ2n) is 3.90. The van der Waals surface area contributed by atoms with Crippen molar-refractivity contribution in [3.05, 3.63) is 0 Å². The summed E-state index contributed by atoms with van der Waals surface area (Å²) in [5.41, 5.74) is 0. The smallest absolute Gasteiger partial charge is 0.390 e. The van der Waals surface area contributed by atoms with Gasteiger partial charge in [-0.1, -0.05) is 0 Å². The van der Waals surface area contributed by atoms with Gasteiger partial charge in [0.05, 0.1) is 13.5 Å². The Kier molecular flexibility index (Phi) is 6.67. The number of carbonyl (C=O) groups excluding carboxylic acids is 2. The summed E-state index contributed by atoms with van der Waals surface area (Å²) in [7, 11) is 1.14. The summed E-state index contributed by atoms with van der Waals surface area (Å²) in [5.74, 6) is -1.17. The number of ether oxygens (including phenoxy) is 1. The summed E-state index contributed by atoms with van der Waals surface area (Å²) < 4.78 is 40.6. The van der Waals surface area contributed by atoms with Gasteiger partial charge in [0.1, 0.15) is 6.04 Å². The SMILES string of the molecule is COC(=O)C(CNC(C)CC(F)(F)F)NC(C)=O. The second kappa shape index (κ2) is 7.20. The van der Waals surface area contributed by atoms with Crippen LogP contribution in [0, 0.1) is 0 Å².